The lowest BCUT2D eigenvalue weighted by molar-refractivity contribution is 0.212. The topological polar surface area (TPSA) is 67.2 Å². The minimum atomic E-state index is -0.129. The van der Waals surface area contributed by atoms with Gasteiger partial charge in [-0.2, -0.15) is 0 Å². The molecule has 0 radical (unpaired) electrons. The van der Waals surface area contributed by atoms with Crippen molar-refractivity contribution >= 4 is 6.03 Å². The summed E-state index contributed by atoms with van der Waals surface area (Å²) in [6.07, 6.45) is 2.73. The van der Waals surface area contributed by atoms with Crippen molar-refractivity contribution in [2.45, 2.75) is 57.7 Å². The van der Waals surface area contributed by atoms with Gasteiger partial charge in [-0.05, 0) is 33.1 Å². The number of rotatable bonds is 3. The third kappa shape index (κ3) is 3.18. The van der Waals surface area contributed by atoms with Crippen LogP contribution < -0.4 is 16.4 Å². The Hall–Kier alpha value is -0.770. The average molecular weight is 199 g/mol. The lowest BCUT2D eigenvalue weighted by Crippen LogP contribution is -2.56. The maximum absolute atomic E-state index is 11.5. The van der Waals surface area contributed by atoms with E-state index in [1.807, 2.05) is 13.8 Å². The molecule has 1 aliphatic carbocycles. The minimum Gasteiger partial charge on any atom is -0.335 e. The summed E-state index contributed by atoms with van der Waals surface area (Å²) in [7, 11) is 0. The van der Waals surface area contributed by atoms with Crippen molar-refractivity contribution in [3.8, 4) is 0 Å². The highest BCUT2D eigenvalue weighted by Gasteiger charge is 2.28. The first-order valence-corrected chi connectivity index (χ1v) is 5.27. The van der Waals surface area contributed by atoms with Crippen molar-refractivity contribution in [2.75, 3.05) is 0 Å². The van der Waals surface area contributed by atoms with E-state index in [0.717, 1.165) is 19.3 Å². The Balaban J connectivity index is 2.22. The summed E-state index contributed by atoms with van der Waals surface area (Å²) < 4.78 is 0. The van der Waals surface area contributed by atoms with Gasteiger partial charge in [0, 0.05) is 17.6 Å². The highest BCUT2D eigenvalue weighted by atomic mass is 16.2. The predicted octanol–water partition coefficient (Wildman–Crippen LogP) is 0.964. The standard InChI is InChI=1S/C10H21N3O/c1-4-10(2,3)13-9(14)12-8-5-7(11)6-8/h7-8H,4-6,11H2,1-3H3,(H2,12,13,14). The summed E-state index contributed by atoms with van der Waals surface area (Å²) in [6.45, 7) is 6.08. The molecular formula is C10H21N3O. The van der Waals surface area contributed by atoms with E-state index < -0.39 is 0 Å². The van der Waals surface area contributed by atoms with Crippen molar-refractivity contribution in [3.05, 3.63) is 0 Å². The van der Waals surface area contributed by atoms with E-state index in [9.17, 15) is 4.79 Å². The summed E-state index contributed by atoms with van der Waals surface area (Å²) in [5.41, 5.74) is 5.50. The number of hydrogen-bond donors (Lipinski definition) is 3. The molecule has 14 heavy (non-hydrogen) atoms. The van der Waals surface area contributed by atoms with Crippen LogP contribution in [0, 0.1) is 0 Å². The lowest BCUT2D eigenvalue weighted by atomic mass is 9.88. The normalized spacial score (nSPS) is 26.6. The molecule has 82 valence electrons. The zero-order chi connectivity index (χ0) is 10.8. The van der Waals surface area contributed by atoms with E-state index in [1.54, 1.807) is 0 Å². The Morgan fingerprint density at radius 2 is 2.07 bits per heavy atom. The SMILES string of the molecule is CCC(C)(C)NC(=O)NC1CC(N)C1. The second-order valence-electron chi connectivity index (χ2n) is 4.76. The first-order valence-electron chi connectivity index (χ1n) is 5.27. The number of nitrogens with two attached hydrogens (primary N) is 1. The van der Waals surface area contributed by atoms with Crippen LogP contribution in [0.2, 0.25) is 0 Å². The van der Waals surface area contributed by atoms with Crippen molar-refractivity contribution in [2.24, 2.45) is 5.73 Å². The van der Waals surface area contributed by atoms with Crippen molar-refractivity contribution < 1.29 is 4.79 Å². The summed E-state index contributed by atoms with van der Waals surface area (Å²) >= 11 is 0. The van der Waals surface area contributed by atoms with Gasteiger partial charge in [0.2, 0.25) is 0 Å². The summed E-state index contributed by atoms with van der Waals surface area (Å²) in [5, 5.41) is 5.84. The number of urea groups is 1. The van der Waals surface area contributed by atoms with Crippen LogP contribution in [0.4, 0.5) is 4.79 Å². The van der Waals surface area contributed by atoms with E-state index in [4.69, 9.17) is 5.73 Å². The van der Waals surface area contributed by atoms with Crippen molar-refractivity contribution in [3.63, 3.8) is 0 Å². The van der Waals surface area contributed by atoms with Crippen LogP contribution >= 0.6 is 0 Å². The van der Waals surface area contributed by atoms with Crippen molar-refractivity contribution in [1.29, 1.82) is 0 Å². The third-order valence-electron chi connectivity index (χ3n) is 2.85. The van der Waals surface area contributed by atoms with Crippen LogP contribution in [0.15, 0.2) is 0 Å². The van der Waals surface area contributed by atoms with Crippen LogP contribution in [0.5, 0.6) is 0 Å². The van der Waals surface area contributed by atoms with Gasteiger partial charge in [-0.1, -0.05) is 6.92 Å². The molecule has 1 rings (SSSR count). The Labute approximate surface area is 85.6 Å². The average Bonchev–Trinajstić information content (AvgIpc) is 2.00. The van der Waals surface area contributed by atoms with Crippen LogP contribution in [0.25, 0.3) is 0 Å². The van der Waals surface area contributed by atoms with Crippen LogP contribution in [0.3, 0.4) is 0 Å². The Bertz CT molecular complexity index is 209. The fourth-order valence-corrected chi connectivity index (χ4v) is 1.40. The van der Waals surface area contributed by atoms with Gasteiger partial charge in [-0.25, -0.2) is 4.79 Å². The number of carbonyl (C=O) groups is 1. The Morgan fingerprint density at radius 3 is 2.50 bits per heavy atom. The first kappa shape index (κ1) is 11.3. The first-order chi connectivity index (χ1) is 6.43. The molecule has 4 heteroatoms. The summed E-state index contributed by atoms with van der Waals surface area (Å²) in [6, 6.07) is 0.478. The molecular weight excluding hydrogens is 178 g/mol. The molecule has 2 amide bonds. The fraction of sp³-hybridized carbons (Fsp3) is 0.900. The highest BCUT2D eigenvalue weighted by Crippen LogP contribution is 2.17. The van der Waals surface area contributed by atoms with Crippen LogP contribution in [-0.2, 0) is 0 Å². The molecule has 4 nitrogen and oxygen atoms in total. The van der Waals surface area contributed by atoms with E-state index in [-0.39, 0.29) is 23.7 Å². The molecule has 0 heterocycles. The van der Waals surface area contributed by atoms with E-state index in [0.29, 0.717) is 0 Å². The number of nitrogens with one attached hydrogen (secondary N) is 2. The molecule has 0 aliphatic heterocycles. The maximum atomic E-state index is 11.5. The molecule has 4 N–H and O–H groups in total. The summed E-state index contributed by atoms with van der Waals surface area (Å²) in [5.74, 6) is 0. The zero-order valence-electron chi connectivity index (χ0n) is 9.26. The molecule has 1 aliphatic rings. The fourth-order valence-electron chi connectivity index (χ4n) is 1.40. The molecule has 0 unspecified atom stereocenters. The highest BCUT2D eigenvalue weighted by molar-refractivity contribution is 5.75. The smallest absolute Gasteiger partial charge is 0.315 e. The van der Waals surface area contributed by atoms with Gasteiger partial charge in [0.25, 0.3) is 0 Å². The van der Waals surface area contributed by atoms with Gasteiger partial charge in [0.05, 0.1) is 0 Å². The number of hydrogen-bond acceptors (Lipinski definition) is 2. The number of amides is 2. The molecule has 0 aromatic rings. The molecule has 0 saturated heterocycles. The molecule has 0 atom stereocenters. The molecule has 1 saturated carbocycles. The van der Waals surface area contributed by atoms with E-state index >= 15 is 0 Å². The molecule has 1 fully saturated rings. The lowest BCUT2D eigenvalue weighted by Gasteiger charge is -2.34. The predicted molar refractivity (Wildman–Crippen MR) is 57.0 cm³/mol. The number of carbonyl (C=O) groups excluding carboxylic acids is 1. The molecule has 0 spiro atoms. The van der Waals surface area contributed by atoms with E-state index in [1.165, 1.54) is 0 Å². The summed E-state index contributed by atoms with van der Waals surface area (Å²) in [4.78, 5) is 11.5. The zero-order valence-corrected chi connectivity index (χ0v) is 9.26. The molecule has 0 aromatic carbocycles. The Morgan fingerprint density at radius 1 is 1.50 bits per heavy atom. The molecule has 0 bridgehead atoms. The largest absolute Gasteiger partial charge is 0.335 e. The van der Waals surface area contributed by atoms with Gasteiger partial charge in [0.15, 0.2) is 0 Å². The van der Waals surface area contributed by atoms with E-state index in [2.05, 4.69) is 17.6 Å². The minimum absolute atomic E-state index is 0.0752. The molecule has 0 aromatic heterocycles. The van der Waals surface area contributed by atoms with Crippen molar-refractivity contribution in [1.82, 2.24) is 10.6 Å². The second-order valence-corrected chi connectivity index (χ2v) is 4.76. The second kappa shape index (κ2) is 4.17. The van der Waals surface area contributed by atoms with Gasteiger partial charge >= 0.3 is 6.03 Å². The van der Waals surface area contributed by atoms with Gasteiger partial charge in [-0.15, -0.1) is 0 Å². The van der Waals surface area contributed by atoms with Crippen LogP contribution in [0.1, 0.15) is 40.0 Å². The van der Waals surface area contributed by atoms with Crippen LogP contribution in [-0.4, -0.2) is 23.7 Å². The van der Waals surface area contributed by atoms with Gasteiger partial charge in [-0.3, -0.25) is 0 Å². The monoisotopic (exact) mass is 199 g/mol. The third-order valence-corrected chi connectivity index (χ3v) is 2.85. The maximum Gasteiger partial charge on any atom is 0.315 e. The quantitative estimate of drug-likeness (QED) is 0.634. The Kier molecular flexibility index (Phi) is 3.37. The van der Waals surface area contributed by atoms with Gasteiger partial charge in [0.1, 0.15) is 0 Å². The van der Waals surface area contributed by atoms with Gasteiger partial charge < -0.3 is 16.4 Å².